The summed E-state index contributed by atoms with van der Waals surface area (Å²) < 4.78 is 0. The van der Waals surface area contributed by atoms with Crippen LogP contribution in [0.3, 0.4) is 0 Å². The first-order valence-electron chi connectivity index (χ1n) is 3.83. The normalized spacial score (nSPS) is 8.38. The highest BCUT2D eigenvalue weighted by Gasteiger charge is 1.95. The van der Waals surface area contributed by atoms with Gasteiger partial charge in [0.1, 0.15) is 0 Å². The molecule has 2 heteroatoms. The molecule has 0 radical (unpaired) electrons. The molecule has 1 aromatic rings. The monoisotopic (exact) mass is 189 g/mol. The smallest absolute Gasteiger partial charge is 0.0991 e. The Balaban J connectivity index is 3.07. The molecule has 0 N–H and O–H groups in total. The summed E-state index contributed by atoms with van der Waals surface area (Å²) in [5.74, 6) is 6.03. The zero-order valence-corrected chi connectivity index (χ0v) is 8.02. The quantitative estimate of drug-likeness (QED) is 0.454. The third kappa shape index (κ3) is 2.51. The van der Waals surface area contributed by atoms with Crippen LogP contribution in [0.15, 0.2) is 18.2 Å². The zero-order chi connectivity index (χ0) is 9.68. The molecule has 64 valence electrons. The van der Waals surface area contributed by atoms with Crippen LogP contribution >= 0.6 is 11.6 Å². The second-order valence-corrected chi connectivity index (χ2v) is 2.84. The number of nitriles is 1. The SMILES string of the molecule is Cc1cc(C#N)ccc1C#CCCl. The lowest BCUT2D eigenvalue weighted by Crippen LogP contribution is -1.83. The maximum atomic E-state index is 8.62. The molecule has 0 bridgehead atoms. The summed E-state index contributed by atoms with van der Waals surface area (Å²) >= 11 is 5.44. The minimum Gasteiger partial charge on any atom is -0.192 e. The molecule has 1 rings (SSSR count). The third-order valence-electron chi connectivity index (χ3n) is 1.65. The minimum absolute atomic E-state index is 0.333. The second kappa shape index (κ2) is 4.55. The van der Waals surface area contributed by atoms with Crippen molar-refractivity contribution >= 4 is 11.6 Å². The maximum absolute atomic E-state index is 8.62. The fraction of sp³-hybridized carbons (Fsp3) is 0.182. The standard InChI is InChI=1S/C11H8ClN/c1-9-7-10(8-13)4-5-11(9)3-2-6-12/h4-5,7H,6H2,1H3. The summed E-state index contributed by atoms with van der Waals surface area (Å²) in [6.07, 6.45) is 0. The van der Waals surface area contributed by atoms with Crippen molar-refractivity contribution in [3.05, 3.63) is 34.9 Å². The summed E-state index contributed by atoms with van der Waals surface area (Å²) in [6.45, 7) is 1.93. The highest BCUT2D eigenvalue weighted by atomic mass is 35.5. The van der Waals surface area contributed by atoms with Gasteiger partial charge in [0.15, 0.2) is 0 Å². The van der Waals surface area contributed by atoms with Crippen molar-refractivity contribution in [2.75, 3.05) is 5.88 Å². The fourth-order valence-corrected chi connectivity index (χ4v) is 1.07. The van der Waals surface area contributed by atoms with Gasteiger partial charge in [0.05, 0.1) is 17.5 Å². The summed E-state index contributed by atoms with van der Waals surface area (Å²) in [4.78, 5) is 0. The number of alkyl halides is 1. The first kappa shape index (κ1) is 9.65. The van der Waals surface area contributed by atoms with E-state index in [0.717, 1.165) is 11.1 Å². The van der Waals surface area contributed by atoms with Crippen molar-refractivity contribution in [2.45, 2.75) is 6.92 Å². The van der Waals surface area contributed by atoms with Gasteiger partial charge >= 0.3 is 0 Å². The summed E-state index contributed by atoms with van der Waals surface area (Å²) in [7, 11) is 0. The Bertz CT molecular complexity index is 404. The molecule has 0 spiro atoms. The van der Waals surface area contributed by atoms with Crippen molar-refractivity contribution in [2.24, 2.45) is 0 Å². The van der Waals surface area contributed by atoms with Crippen LogP contribution in [0.25, 0.3) is 0 Å². The molecule has 0 aliphatic carbocycles. The summed E-state index contributed by atoms with van der Waals surface area (Å²) in [5.41, 5.74) is 2.60. The Labute approximate surface area is 83.0 Å². The highest BCUT2D eigenvalue weighted by Crippen LogP contribution is 2.08. The molecule has 0 saturated carbocycles. The van der Waals surface area contributed by atoms with E-state index in [-0.39, 0.29) is 0 Å². The Morgan fingerprint density at radius 3 is 2.77 bits per heavy atom. The molecule has 0 atom stereocenters. The van der Waals surface area contributed by atoms with Crippen molar-refractivity contribution in [1.82, 2.24) is 0 Å². The van der Waals surface area contributed by atoms with Crippen molar-refractivity contribution in [1.29, 1.82) is 5.26 Å². The molecule has 0 amide bonds. The molecule has 0 aliphatic heterocycles. The van der Waals surface area contributed by atoms with Gasteiger partial charge in [0.25, 0.3) is 0 Å². The average Bonchev–Trinajstić information content (AvgIpc) is 2.16. The van der Waals surface area contributed by atoms with Crippen LogP contribution in [-0.4, -0.2) is 5.88 Å². The maximum Gasteiger partial charge on any atom is 0.0991 e. The number of rotatable bonds is 0. The van der Waals surface area contributed by atoms with Crippen molar-refractivity contribution in [3.8, 4) is 17.9 Å². The highest BCUT2D eigenvalue weighted by molar-refractivity contribution is 6.19. The van der Waals surface area contributed by atoms with E-state index in [1.165, 1.54) is 0 Å². The molecule has 0 heterocycles. The van der Waals surface area contributed by atoms with Gasteiger partial charge in [-0.3, -0.25) is 0 Å². The lowest BCUT2D eigenvalue weighted by molar-refractivity contribution is 1.40. The molecular weight excluding hydrogens is 182 g/mol. The van der Waals surface area contributed by atoms with E-state index in [0.29, 0.717) is 11.4 Å². The van der Waals surface area contributed by atoms with Gasteiger partial charge in [0, 0.05) is 5.56 Å². The fourth-order valence-electron chi connectivity index (χ4n) is 1.00. The van der Waals surface area contributed by atoms with Gasteiger partial charge in [-0.15, -0.1) is 11.6 Å². The van der Waals surface area contributed by atoms with E-state index in [2.05, 4.69) is 17.9 Å². The number of hydrogen-bond donors (Lipinski definition) is 0. The average molecular weight is 190 g/mol. The molecule has 0 unspecified atom stereocenters. The Morgan fingerprint density at radius 1 is 1.46 bits per heavy atom. The first-order valence-corrected chi connectivity index (χ1v) is 4.37. The Morgan fingerprint density at radius 2 is 2.23 bits per heavy atom. The van der Waals surface area contributed by atoms with Gasteiger partial charge < -0.3 is 0 Å². The lowest BCUT2D eigenvalue weighted by atomic mass is 10.1. The lowest BCUT2D eigenvalue weighted by Gasteiger charge is -1.96. The van der Waals surface area contributed by atoms with Crippen LogP contribution in [-0.2, 0) is 0 Å². The summed E-state index contributed by atoms with van der Waals surface area (Å²) in [6, 6.07) is 7.49. The number of aryl methyl sites for hydroxylation is 1. The molecule has 0 aliphatic rings. The van der Waals surface area contributed by atoms with Crippen LogP contribution in [0.4, 0.5) is 0 Å². The van der Waals surface area contributed by atoms with Gasteiger partial charge in [-0.25, -0.2) is 0 Å². The molecule has 1 aromatic carbocycles. The minimum atomic E-state index is 0.333. The molecule has 1 nitrogen and oxygen atoms in total. The predicted octanol–water partition coefficient (Wildman–Crippen LogP) is 2.46. The number of halogens is 1. The van der Waals surface area contributed by atoms with Gasteiger partial charge in [-0.2, -0.15) is 5.26 Å². The van der Waals surface area contributed by atoms with Crippen LogP contribution in [0.5, 0.6) is 0 Å². The van der Waals surface area contributed by atoms with Crippen LogP contribution in [0.2, 0.25) is 0 Å². The second-order valence-electron chi connectivity index (χ2n) is 2.58. The zero-order valence-electron chi connectivity index (χ0n) is 7.26. The Kier molecular flexibility index (Phi) is 3.38. The number of benzene rings is 1. The van der Waals surface area contributed by atoms with Crippen LogP contribution < -0.4 is 0 Å². The third-order valence-corrected chi connectivity index (χ3v) is 1.78. The first-order chi connectivity index (χ1) is 6.27. The van der Waals surface area contributed by atoms with Crippen LogP contribution in [0, 0.1) is 30.1 Å². The van der Waals surface area contributed by atoms with Crippen LogP contribution in [0.1, 0.15) is 16.7 Å². The van der Waals surface area contributed by atoms with E-state index in [4.69, 9.17) is 16.9 Å². The van der Waals surface area contributed by atoms with E-state index < -0.39 is 0 Å². The molecular formula is C11H8ClN. The molecule has 0 fully saturated rings. The van der Waals surface area contributed by atoms with E-state index in [9.17, 15) is 0 Å². The van der Waals surface area contributed by atoms with E-state index >= 15 is 0 Å². The van der Waals surface area contributed by atoms with Gasteiger partial charge in [-0.1, -0.05) is 11.8 Å². The molecule has 0 saturated heterocycles. The van der Waals surface area contributed by atoms with Gasteiger partial charge in [0.2, 0.25) is 0 Å². The summed E-state index contributed by atoms with van der Waals surface area (Å²) in [5, 5.41) is 8.62. The van der Waals surface area contributed by atoms with Gasteiger partial charge in [-0.05, 0) is 30.7 Å². The Hall–Kier alpha value is -1.44. The van der Waals surface area contributed by atoms with Crippen molar-refractivity contribution in [3.63, 3.8) is 0 Å². The topological polar surface area (TPSA) is 23.8 Å². The van der Waals surface area contributed by atoms with E-state index in [1.54, 1.807) is 6.07 Å². The predicted molar refractivity (Wildman–Crippen MR) is 53.5 cm³/mol. The number of hydrogen-bond acceptors (Lipinski definition) is 1. The van der Waals surface area contributed by atoms with Crippen molar-refractivity contribution < 1.29 is 0 Å². The largest absolute Gasteiger partial charge is 0.192 e. The molecule has 13 heavy (non-hydrogen) atoms. The number of nitrogens with zero attached hydrogens (tertiary/aromatic N) is 1. The van der Waals surface area contributed by atoms with E-state index in [1.807, 2.05) is 19.1 Å². The molecule has 0 aromatic heterocycles.